The molecule has 13 heteroatoms. The summed E-state index contributed by atoms with van der Waals surface area (Å²) in [4.78, 5) is 12.1. The Hall–Kier alpha value is -2.69. The van der Waals surface area contributed by atoms with E-state index in [-0.39, 0.29) is 12.6 Å². The van der Waals surface area contributed by atoms with Crippen molar-refractivity contribution in [2.24, 2.45) is 0 Å². The molecular formula is C38H61NO12. The molecule has 0 radical (unpaired) electrons. The molecule has 0 amide bonds. The molecule has 290 valence electrons. The van der Waals surface area contributed by atoms with Crippen molar-refractivity contribution in [3.63, 3.8) is 0 Å². The Labute approximate surface area is 304 Å². The molecule has 0 aromatic heterocycles. The summed E-state index contributed by atoms with van der Waals surface area (Å²) in [6, 6.07) is 17.4. The SMILES string of the molecule is CCCCNc1ccc(C(=O)OCCOCCOCCOCCOCCOCCOCCOCCOCCOCCOCc2ccccc2)cc1. The van der Waals surface area contributed by atoms with Crippen LogP contribution in [0.5, 0.6) is 0 Å². The molecule has 2 rings (SSSR count). The minimum Gasteiger partial charge on any atom is -0.460 e. The number of esters is 1. The zero-order valence-corrected chi connectivity index (χ0v) is 30.6. The van der Waals surface area contributed by atoms with E-state index in [4.69, 9.17) is 52.1 Å². The average molecular weight is 724 g/mol. The second kappa shape index (κ2) is 34.4. The number of benzene rings is 2. The molecular weight excluding hydrogens is 662 g/mol. The van der Waals surface area contributed by atoms with Crippen LogP contribution in [0, 0.1) is 0 Å². The standard InChI is InChI=1S/C38H61NO12/c1-2-3-13-39-37-11-9-36(10-12-37)38(40)51-33-32-49-29-28-47-25-24-45-21-20-43-17-16-41-14-15-42-18-19-44-22-23-46-26-27-48-30-31-50-34-35-7-5-4-6-8-35/h4-12,39H,2-3,13-34H2,1H3. The maximum atomic E-state index is 12.1. The molecule has 2 aromatic carbocycles. The summed E-state index contributed by atoms with van der Waals surface area (Å²) < 4.78 is 60.2. The monoisotopic (exact) mass is 723 g/mol. The first-order valence-electron chi connectivity index (χ1n) is 18.1. The lowest BCUT2D eigenvalue weighted by molar-refractivity contribution is -0.0273. The lowest BCUT2D eigenvalue weighted by atomic mass is 10.2. The van der Waals surface area contributed by atoms with Crippen LogP contribution in [0.25, 0.3) is 0 Å². The molecule has 0 aliphatic carbocycles. The van der Waals surface area contributed by atoms with Gasteiger partial charge in [0.15, 0.2) is 0 Å². The van der Waals surface area contributed by atoms with Gasteiger partial charge in [0.05, 0.1) is 138 Å². The topological polar surface area (TPSA) is 131 Å². The van der Waals surface area contributed by atoms with Gasteiger partial charge in [-0.1, -0.05) is 43.7 Å². The van der Waals surface area contributed by atoms with Crippen molar-refractivity contribution < 1.29 is 56.9 Å². The Balaban J connectivity index is 1.18. The molecule has 13 nitrogen and oxygen atoms in total. The summed E-state index contributed by atoms with van der Waals surface area (Å²) in [5.74, 6) is -0.361. The van der Waals surface area contributed by atoms with Gasteiger partial charge in [-0.15, -0.1) is 0 Å². The van der Waals surface area contributed by atoms with Crippen LogP contribution in [-0.4, -0.2) is 145 Å². The third-order valence-electron chi connectivity index (χ3n) is 6.90. The summed E-state index contributed by atoms with van der Waals surface area (Å²) in [6.45, 7) is 13.1. The Morgan fingerprint density at radius 1 is 0.471 bits per heavy atom. The van der Waals surface area contributed by atoms with Crippen molar-refractivity contribution in [1.82, 2.24) is 0 Å². The number of hydrogen-bond donors (Lipinski definition) is 1. The Morgan fingerprint density at radius 2 is 0.843 bits per heavy atom. The van der Waals surface area contributed by atoms with E-state index in [1.165, 1.54) is 0 Å². The van der Waals surface area contributed by atoms with Gasteiger partial charge in [0, 0.05) is 12.2 Å². The van der Waals surface area contributed by atoms with E-state index in [1.54, 1.807) is 12.1 Å². The molecule has 1 N–H and O–H groups in total. The van der Waals surface area contributed by atoms with Gasteiger partial charge in [0.1, 0.15) is 6.61 Å². The maximum absolute atomic E-state index is 12.1. The number of ether oxygens (including phenoxy) is 11. The van der Waals surface area contributed by atoms with Crippen LogP contribution in [0.1, 0.15) is 35.7 Å². The predicted molar refractivity (Wildman–Crippen MR) is 194 cm³/mol. The largest absolute Gasteiger partial charge is 0.460 e. The summed E-state index contributed by atoms with van der Waals surface area (Å²) in [5, 5.41) is 3.32. The fraction of sp³-hybridized carbons (Fsp3) is 0.658. The first kappa shape index (κ1) is 44.5. The predicted octanol–water partition coefficient (Wildman–Crippen LogP) is 4.42. The molecule has 0 unspecified atom stereocenters. The normalized spacial score (nSPS) is 11.2. The highest BCUT2D eigenvalue weighted by Crippen LogP contribution is 2.11. The molecule has 0 aliphatic rings. The van der Waals surface area contributed by atoms with Crippen LogP contribution in [0.2, 0.25) is 0 Å². The zero-order valence-electron chi connectivity index (χ0n) is 30.6. The van der Waals surface area contributed by atoms with Crippen molar-refractivity contribution in [1.29, 1.82) is 0 Å². The summed E-state index contributed by atoms with van der Waals surface area (Å²) in [5.41, 5.74) is 2.67. The van der Waals surface area contributed by atoms with Crippen molar-refractivity contribution in [2.75, 3.05) is 144 Å². The Kier molecular flexibility index (Phi) is 30.0. The fourth-order valence-electron chi connectivity index (χ4n) is 4.15. The molecule has 0 saturated heterocycles. The van der Waals surface area contributed by atoms with Gasteiger partial charge in [-0.3, -0.25) is 0 Å². The zero-order chi connectivity index (χ0) is 36.1. The van der Waals surface area contributed by atoms with Gasteiger partial charge in [-0.25, -0.2) is 4.79 Å². The van der Waals surface area contributed by atoms with E-state index in [9.17, 15) is 4.79 Å². The van der Waals surface area contributed by atoms with Gasteiger partial charge in [-0.05, 0) is 36.2 Å². The Bertz CT molecular complexity index is 1030. The highest BCUT2D eigenvalue weighted by molar-refractivity contribution is 5.89. The van der Waals surface area contributed by atoms with Gasteiger partial charge < -0.3 is 57.4 Å². The van der Waals surface area contributed by atoms with E-state index < -0.39 is 0 Å². The van der Waals surface area contributed by atoms with Gasteiger partial charge in [0.2, 0.25) is 0 Å². The molecule has 0 bridgehead atoms. The highest BCUT2D eigenvalue weighted by atomic mass is 16.6. The number of carbonyl (C=O) groups excluding carboxylic acids is 1. The maximum Gasteiger partial charge on any atom is 0.338 e. The van der Waals surface area contributed by atoms with Gasteiger partial charge >= 0.3 is 5.97 Å². The van der Waals surface area contributed by atoms with Crippen molar-refractivity contribution >= 4 is 11.7 Å². The second-order valence-corrected chi connectivity index (χ2v) is 11.0. The van der Waals surface area contributed by atoms with Crippen LogP contribution >= 0.6 is 0 Å². The third kappa shape index (κ3) is 27.6. The number of hydrogen-bond acceptors (Lipinski definition) is 13. The molecule has 0 atom stereocenters. The van der Waals surface area contributed by atoms with Crippen LogP contribution < -0.4 is 5.32 Å². The summed E-state index contributed by atoms with van der Waals surface area (Å²) in [7, 11) is 0. The van der Waals surface area contributed by atoms with E-state index in [2.05, 4.69) is 12.2 Å². The van der Waals surface area contributed by atoms with Crippen LogP contribution in [0.4, 0.5) is 5.69 Å². The molecule has 51 heavy (non-hydrogen) atoms. The number of nitrogens with one attached hydrogen (secondary N) is 1. The highest BCUT2D eigenvalue weighted by Gasteiger charge is 2.07. The third-order valence-corrected chi connectivity index (χ3v) is 6.90. The first-order valence-corrected chi connectivity index (χ1v) is 18.1. The quantitative estimate of drug-likeness (QED) is 0.0781. The molecule has 0 spiro atoms. The number of rotatable bonds is 37. The first-order chi connectivity index (χ1) is 25.3. The van der Waals surface area contributed by atoms with Crippen molar-refractivity contribution in [3.8, 4) is 0 Å². The summed E-state index contributed by atoms with van der Waals surface area (Å²) in [6.07, 6.45) is 2.24. The minimum absolute atomic E-state index is 0.190. The number of carbonyl (C=O) groups is 1. The van der Waals surface area contributed by atoms with E-state index >= 15 is 0 Å². The molecule has 2 aromatic rings. The smallest absolute Gasteiger partial charge is 0.338 e. The van der Waals surface area contributed by atoms with Crippen LogP contribution in [-0.2, 0) is 58.7 Å². The molecule has 0 heterocycles. The van der Waals surface area contributed by atoms with Gasteiger partial charge in [0.25, 0.3) is 0 Å². The van der Waals surface area contributed by atoms with Crippen molar-refractivity contribution in [2.45, 2.75) is 26.4 Å². The average Bonchev–Trinajstić information content (AvgIpc) is 3.16. The molecule has 0 fully saturated rings. The molecule has 0 aliphatic heterocycles. The lowest BCUT2D eigenvalue weighted by Gasteiger charge is -2.09. The van der Waals surface area contributed by atoms with Crippen molar-refractivity contribution in [3.05, 3.63) is 65.7 Å². The molecule has 0 saturated carbocycles. The minimum atomic E-state index is -0.361. The van der Waals surface area contributed by atoms with E-state index in [0.29, 0.717) is 138 Å². The summed E-state index contributed by atoms with van der Waals surface area (Å²) >= 11 is 0. The van der Waals surface area contributed by atoms with Crippen LogP contribution in [0.3, 0.4) is 0 Å². The van der Waals surface area contributed by atoms with Gasteiger partial charge in [-0.2, -0.15) is 0 Å². The fourth-order valence-corrected chi connectivity index (χ4v) is 4.15. The lowest BCUT2D eigenvalue weighted by Crippen LogP contribution is -2.15. The van der Waals surface area contributed by atoms with E-state index in [0.717, 1.165) is 30.6 Å². The van der Waals surface area contributed by atoms with E-state index in [1.807, 2.05) is 42.5 Å². The Morgan fingerprint density at radius 3 is 1.24 bits per heavy atom. The second-order valence-electron chi connectivity index (χ2n) is 11.0. The number of anilines is 1. The van der Waals surface area contributed by atoms with Crippen LogP contribution in [0.15, 0.2) is 54.6 Å². The number of unbranched alkanes of at least 4 members (excludes halogenated alkanes) is 1.